The van der Waals surface area contributed by atoms with Crippen LogP contribution in [-0.2, 0) is 57.5 Å². The molecule has 8 aromatic rings. The van der Waals surface area contributed by atoms with E-state index in [1.165, 1.54) is 11.1 Å². The van der Waals surface area contributed by atoms with Crippen molar-refractivity contribution in [1.82, 2.24) is 19.9 Å². The molecule has 0 atom stereocenters. The first-order chi connectivity index (χ1) is 43.9. The van der Waals surface area contributed by atoms with E-state index in [2.05, 4.69) is 32.1 Å². The topological polar surface area (TPSA) is 250 Å². The SMILES string of the molecule is C.C.C.CCOC(=O)c1[nH]cc(C(=O)Cc2ccc(OC)cc2)c1C.CCOC(=O)c1[nH]cc(CCc2ccc(OC)cc2)c1C.CCOC(=O)c1[nH]ccc1C.COc1ccc(CC(=O)Cl)cc1.COc1ccc(CCc2c[nH]c(C(=O)O)c2C)cc1.ClCCl.[Cl][Al]([Cl])[Cl]. The van der Waals surface area contributed by atoms with Crippen LogP contribution >= 0.6 is 65.0 Å². The number of benzene rings is 4. The second-order valence-corrected chi connectivity index (χ2v) is 26.9. The van der Waals surface area contributed by atoms with Gasteiger partial charge >= 0.3 is 35.3 Å². The Morgan fingerprint density at radius 3 is 1.07 bits per heavy atom. The Morgan fingerprint density at radius 2 is 0.758 bits per heavy atom. The number of carboxylic acids is 1. The number of ether oxygens (including phenoxy) is 7. The van der Waals surface area contributed by atoms with E-state index in [9.17, 15) is 28.8 Å². The number of carboxylic acid groups (broad SMARTS) is 1. The molecule has 0 aliphatic heterocycles. The monoisotopic (exact) mass is 1450 g/mol. The summed E-state index contributed by atoms with van der Waals surface area (Å²) in [6, 6.07) is 32.4. The van der Waals surface area contributed by atoms with Crippen LogP contribution in [0.5, 0.6) is 23.0 Å². The second kappa shape index (κ2) is 50.1. The van der Waals surface area contributed by atoms with Crippen LogP contribution in [0.4, 0.5) is 0 Å². The van der Waals surface area contributed by atoms with Crippen LogP contribution in [0.25, 0.3) is 0 Å². The summed E-state index contributed by atoms with van der Waals surface area (Å²) in [5.41, 5.74) is 12.0. The van der Waals surface area contributed by atoms with E-state index in [-0.39, 0.29) is 69.1 Å². The van der Waals surface area contributed by atoms with Crippen molar-refractivity contribution in [3.8, 4) is 23.0 Å². The van der Waals surface area contributed by atoms with Gasteiger partial charge in [0.15, 0.2) is 5.78 Å². The van der Waals surface area contributed by atoms with Crippen molar-refractivity contribution in [3.05, 3.63) is 212 Å². The lowest BCUT2D eigenvalue weighted by Crippen LogP contribution is -2.08. The van der Waals surface area contributed by atoms with Gasteiger partial charge in [-0.05, 0) is 196 Å². The maximum atomic E-state index is 12.4. The highest BCUT2D eigenvalue weighted by atomic mass is 35.8. The fourth-order valence-electron chi connectivity index (χ4n) is 8.37. The quantitative estimate of drug-likeness (QED) is 0.0106. The number of H-pyrrole nitrogens is 4. The zero-order valence-electron chi connectivity index (χ0n) is 53.3. The molecule has 0 bridgehead atoms. The van der Waals surface area contributed by atoms with Gasteiger partial charge in [-0.15, -0.1) is 23.2 Å². The van der Waals surface area contributed by atoms with E-state index in [0.29, 0.717) is 48.0 Å². The molecule has 4 aromatic carbocycles. The number of aromatic amines is 4. The normalized spacial score (nSPS) is 9.57. The standard InChI is InChI=1S/C17H19NO4.C17H21NO3.C15H17NO3.C9H9ClO2.C8H11NO2.CH2Cl2.3CH4.Al.3ClH/c1-4-22-17(20)16-11(2)14(10-18-16)15(19)9-12-5-7-13(21-3)8-6-12;1-4-21-17(19)16-12(2)14(11-18-16)8-5-13-6-9-15(20-3)10-7-13;1-10-12(9-16-14(10)15(17)18)6-3-11-4-7-13(19-2)8-5-11;1-12-8-4-2-7(3-5-8)6-9(10)11;1-3-11-8(10)7-6(2)4-5-9-7;2-1-3;;;;;;;/h5-8,10,18H,4,9H2,1-3H3;6-7,9-11,18H,4-5,8H2,1-3H3;4-5,7-9,16H,3,6H2,1-2H3,(H,17,18);2-5H,6H2,1H3;4-5,9H,3H2,1-2H3;1H2;3*1H4;;3*1H/q;;;;;;;;;+3;;;/p-3. The van der Waals surface area contributed by atoms with Gasteiger partial charge in [0.05, 0.1) is 53.6 Å². The van der Waals surface area contributed by atoms with Crippen molar-refractivity contribution < 1.29 is 67.0 Å². The molecule has 520 valence electrons. The van der Waals surface area contributed by atoms with Crippen molar-refractivity contribution in [2.45, 2.75) is 109 Å². The Bertz CT molecular complexity index is 3480. The molecule has 0 aliphatic carbocycles. The smallest absolute Gasteiger partial charge is 0.497 e. The number of nitrogens with one attached hydrogen (secondary N) is 4. The summed E-state index contributed by atoms with van der Waals surface area (Å²) < 4.78 is 35.1. The van der Waals surface area contributed by atoms with E-state index in [1.807, 2.05) is 106 Å². The number of carbonyl (C=O) groups is 6. The van der Waals surface area contributed by atoms with Gasteiger partial charge in [-0.3, -0.25) is 9.59 Å². The van der Waals surface area contributed by atoms with Crippen molar-refractivity contribution >= 4 is 111 Å². The molecule has 0 saturated carbocycles. The minimum absolute atomic E-state index is 0. The molecule has 8 rings (SSSR count). The third kappa shape index (κ3) is 33.3. The Kier molecular flexibility index (Phi) is 47.4. The van der Waals surface area contributed by atoms with Crippen LogP contribution in [-0.4, -0.2) is 125 Å². The number of aromatic nitrogens is 4. The molecule has 0 radical (unpaired) electrons. The molecule has 95 heavy (non-hydrogen) atoms. The number of aryl methyl sites for hydroxylation is 5. The van der Waals surface area contributed by atoms with Gasteiger partial charge in [-0.1, -0.05) is 70.8 Å². The molecule has 0 unspecified atom stereocenters. The number of hydrogen-bond acceptors (Lipinski definition) is 13. The van der Waals surface area contributed by atoms with Gasteiger partial charge < -0.3 is 58.2 Å². The minimum Gasteiger partial charge on any atom is -0.497 e. The maximum absolute atomic E-state index is 12.4. The van der Waals surface area contributed by atoms with Gasteiger partial charge in [-0.2, -0.15) is 0 Å². The number of methoxy groups -OCH3 is 4. The number of carbonyl (C=O) groups excluding carboxylic acids is 5. The highest BCUT2D eigenvalue weighted by molar-refractivity contribution is 7.54. The average molecular weight is 1450 g/mol. The Hall–Kier alpha value is -7.31. The summed E-state index contributed by atoms with van der Waals surface area (Å²) >= 11 is 13.0. The number of alkyl halides is 2. The predicted octanol–water partition coefficient (Wildman–Crippen LogP) is 17.6. The fourth-order valence-corrected chi connectivity index (χ4v) is 8.52. The highest BCUT2D eigenvalue weighted by Crippen LogP contribution is 2.22. The predicted molar refractivity (Wildman–Crippen MR) is 386 cm³/mol. The molecule has 4 heterocycles. The number of rotatable bonds is 22. The largest absolute Gasteiger partial charge is 0.643 e. The molecule has 0 saturated heterocycles. The van der Waals surface area contributed by atoms with E-state index in [4.69, 9.17) is 103 Å². The first kappa shape index (κ1) is 89.8. The van der Waals surface area contributed by atoms with E-state index < -0.39 is 23.3 Å². The van der Waals surface area contributed by atoms with Gasteiger partial charge in [0.2, 0.25) is 5.24 Å². The number of esters is 3. The summed E-state index contributed by atoms with van der Waals surface area (Å²) in [6.45, 7) is 13.8. The van der Waals surface area contributed by atoms with Crippen LogP contribution in [0.3, 0.4) is 0 Å². The molecule has 0 spiro atoms. The van der Waals surface area contributed by atoms with Crippen molar-refractivity contribution in [1.29, 1.82) is 0 Å². The summed E-state index contributed by atoms with van der Waals surface area (Å²) in [5, 5.41) is 8.82. The highest BCUT2D eigenvalue weighted by Gasteiger charge is 2.20. The lowest BCUT2D eigenvalue weighted by Gasteiger charge is -2.04. The Labute approximate surface area is 591 Å². The molecular weight excluding hydrogens is 1360 g/mol. The third-order valence-corrected chi connectivity index (χ3v) is 13.4. The molecule has 18 nitrogen and oxygen atoms in total. The third-order valence-electron chi connectivity index (χ3n) is 13.3. The molecule has 5 N–H and O–H groups in total. The lowest BCUT2D eigenvalue weighted by atomic mass is 10.0. The molecule has 0 amide bonds. The van der Waals surface area contributed by atoms with Crippen LogP contribution in [0.2, 0.25) is 0 Å². The first-order valence-corrected chi connectivity index (χ1v) is 35.3. The van der Waals surface area contributed by atoms with Crippen LogP contribution in [0.15, 0.2) is 128 Å². The van der Waals surface area contributed by atoms with Crippen LogP contribution in [0.1, 0.15) is 151 Å². The number of halogens is 6. The molecular formula is C70H91AlCl6N4O14. The van der Waals surface area contributed by atoms with Crippen LogP contribution in [0, 0.1) is 27.7 Å². The number of aromatic carboxylic acids is 1. The summed E-state index contributed by atoms with van der Waals surface area (Å²) in [7, 11) is 21.3. The van der Waals surface area contributed by atoms with E-state index in [0.717, 1.165) is 87.6 Å². The van der Waals surface area contributed by atoms with Crippen molar-refractivity contribution in [3.63, 3.8) is 0 Å². The Balaban J connectivity index is 0. The van der Waals surface area contributed by atoms with E-state index >= 15 is 0 Å². The molecule has 4 aromatic heterocycles. The first-order valence-electron chi connectivity index (χ1n) is 28.6. The number of hydrogen-bond donors (Lipinski definition) is 5. The zero-order chi connectivity index (χ0) is 68.7. The number of ketones is 1. The minimum atomic E-state index is -1.72. The van der Waals surface area contributed by atoms with Crippen molar-refractivity contribution in [2.75, 3.05) is 53.6 Å². The molecule has 0 fully saturated rings. The van der Waals surface area contributed by atoms with Gasteiger partial charge in [-0.25, -0.2) is 49.3 Å². The van der Waals surface area contributed by atoms with E-state index in [1.54, 1.807) is 86.9 Å². The fraction of sp³-hybridized carbons (Fsp3) is 0.343. The molecule has 25 heteroatoms. The van der Waals surface area contributed by atoms with Crippen molar-refractivity contribution in [2.24, 2.45) is 0 Å². The summed E-state index contributed by atoms with van der Waals surface area (Å²) in [5.74, 6) is 1.27. The second-order valence-electron chi connectivity index (χ2n) is 19.2. The average Bonchev–Trinajstić information content (AvgIpc) is 1.74. The van der Waals surface area contributed by atoms with Crippen LogP contribution < -0.4 is 18.9 Å². The summed E-state index contributed by atoms with van der Waals surface area (Å²) in [4.78, 5) is 79.9. The maximum Gasteiger partial charge on any atom is 0.643 e. The summed E-state index contributed by atoms with van der Waals surface area (Å²) in [6.07, 6.45) is 11.0. The van der Waals surface area contributed by atoms with Gasteiger partial charge in [0.1, 0.15) is 45.8 Å². The Morgan fingerprint density at radius 1 is 0.442 bits per heavy atom. The lowest BCUT2D eigenvalue weighted by molar-refractivity contribution is -0.111. The number of Topliss-reactive ketones (excluding diaryl/α,β-unsaturated/α-hetero) is 1. The zero-order valence-corrected chi connectivity index (χ0v) is 59.0. The van der Waals surface area contributed by atoms with Gasteiger partial charge in [0, 0.05) is 43.2 Å². The van der Waals surface area contributed by atoms with Gasteiger partial charge in [0.25, 0.3) is 0 Å². The molecule has 0 aliphatic rings.